The Bertz CT molecular complexity index is 1030. The van der Waals surface area contributed by atoms with Crippen LogP contribution in [0.3, 0.4) is 0 Å². The molecule has 156 valence electrons. The van der Waals surface area contributed by atoms with Crippen molar-refractivity contribution in [1.82, 2.24) is 19.9 Å². The van der Waals surface area contributed by atoms with E-state index in [-0.39, 0.29) is 5.91 Å². The van der Waals surface area contributed by atoms with Crippen LogP contribution in [0.1, 0.15) is 39.8 Å². The zero-order valence-corrected chi connectivity index (χ0v) is 18.1. The molecule has 1 amide bonds. The van der Waals surface area contributed by atoms with E-state index < -0.39 is 0 Å². The molecule has 7 nitrogen and oxygen atoms in total. The van der Waals surface area contributed by atoms with Gasteiger partial charge in [0.05, 0.1) is 41.1 Å². The standard InChI is InChI=1S/C22H24N4O3S/c1-14-20(18-6-9-23-13-24-18)30-21(25-14)15-7-10-26(11-8-15)22(27)17-5-4-16(28-2)12-19(17)29-3/h4-6,9,12-13,15H,7-8,10-11H2,1-3H3. The molecule has 0 N–H and O–H groups in total. The first-order chi connectivity index (χ1) is 14.6. The molecule has 0 bridgehead atoms. The number of thiazole rings is 1. The van der Waals surface area contributed by atoms with Crippen molar-refractivity contribution < 1.29 is 14.3 Å². The molecule has 0 radical (unpaired) electrons. The highest BCUT2D eigenvalue weighted by Gasteiger charge is 2.28. The van der Waals surface area contributed by atoms with E-state index in [1.54, 1.807) is 56.3 Å². The number of aromatic nitrogens is 3. The van der Waals surface area contributed by atoms with Gasteiger partial charge in [0.25, 0.3) is 5.91 Å². The quantitative estimate of drug-likeness (QED) is 0.617. The van der Waals surface area contributed by atoms with Crippen LogP contribution in [-0.4, -0.2) is 53.1 Å². The third-order valence-electron chi connectivity index (χ3n) is 5.40. The Morgan fingerprint density at radius 3 is 2.63 bits per heavy atom. The van der Waals surface area contributed by atoms with Gasteiger partial charge in [-0.25, -0.2) is 15.0 Å². The van der Waals surface area contributed by atoms with Crippen molar-refractivity contribution in [3.8, 4) is 22.1 Å². The number of hydrogen-bond acceptors (Lipinski definition) is 7. The summed E-state index contributed by atoms with van der Waals surface area (Å²) in [6, 6.07) is 7.21. The molecule has 0 aliphatic carbocycles. The molecule has 1 aromatic carbocycles. The first-order valence-corrected chi connectivity index (χ1v) is 10.7. The van der Waals surface area contributed by atoms with Gasteiger partial charge in [0, 0.05) is 31.3 Å². The molecule has 3 heterocycles. The summed E-state index contributed by atoms with van der Waals surface area (Å²) in [4.78, 5) is 29.2. The molecule has 1 saturated heterocycles. The Balaban J connectivity index is 1.45. The van der Waals surface area contributed by atoms with Gasteiger partial charge in [-0.2, -0.15) is 0 Å². The van der Waals surface area contributed by atoms with Crippen LogP contribution in [0, 0.1) is 6.92 Å². The van der Waals surface area contributed by atoms with Gasteiger partial charge in [-0.3, -0.25) is 4.79 Å². The second kappa shape index (κ2) is 8.79. The highest BCUT2D eigenvalue weighted by atomic mass is 32.1. The third kappa shape index (κ3) is 4.00. The van der Waals surface area contributed by atoms with Crippen LogP contribution >= 0.6 is 11.3 Å². The first kappa shape index (κ1) is 20.3. The van der Waals surface area contributed by atoms with Crippen molar-refractivity contribution >= 4 is 17.2 Å². The van der Waals surface area contributed by atoms with Crippen LogP contribution in [0.25, 0.3) is 10.6 Å². The molecule has 1 aliphatic heterocycles. The maximum absolute atomic E-state index is 13.0. The fourth-order valence-corrected chi connectivity index (χ4v) is 4.94. The Kier molecular flexibility index (Phi) is 5.94. The van der Waals surface area contributed by atoms with Gasteiger partial charge in [-0.15, -0.1) is 11.3 Å². The van der Waals surface area contributed by atoms with Crippen molar-refractivity contribution in [2.45, 2.75) is 25.7 Å². The number of likely N-dealkylation sites (tertiary alicyclic amines) is 1. The highest BCUT2D eigenvalue weighted by molar-refractivity contribution is 7.15. The van der Waals surface area contributed by atoms with Crippen LogP contribution < -0.4 is 9.47 Å². The maximum Gasteiger partial charge on any atom is 0.257 e. The number of ether oxygens (including phenoxy) is 2. The zero-order valence-electron chi connectivity index (χ0n) is 17.3. The van der Waals surface area contributed by atoms with Crippen LogP contribution in [-0.2, 0) is 0 Å². The molecule has 0 spiro atoms. The molecule has 2 aromatic heterocycles. The second-order valence-electron chi connectivity index (χ2n) is 7.19. The predicted octanol–water partition coefficient (Wildman–Crippen LogP) is 3.95. The number of aryl methyl sites for hydroxylation is 1. The molecule has 0 saturated carbocycles. The predicted molar refractivity (Wildman–Crippen MR) is 115 cm³/mol. The van der Waals surface area contributed by atoms with Gasteiger partial charge < -0.3 is 14.4 Å². The second-order valence-corrected chi connectivity index (χ2v) is 8.22. The van der Waals surface area contributed by atoms with E-state index in [1.165, 1.54) is 0 Å². The average molecular weight is 425 g/mol. The largest absolute Gasteiger partial charge is 0.497 e. The summed E-state index contributed by atoms with van der Waals surface area (Å²) in [5.41, 5.74) is 2.47. The van der Waals surface area contributed by atoms with Crippen LogP contribution in [0.4, 0.5) is 0 Å². The Morgan fingerprint density at radius 2 is 1.97 bits per heavy atom. The van der Waals surface area contributed by atoms with Crippen LogP contribution in [0.15, 0.2) is 36.8 Å². The number of carbonyl (C=O) groups excluding carboxylic acids is 1. The van der Waals surface area contributed by atoms with Gasteiger partial charge in [-0.05, 0) is 38.0 Å². The fourth-order valence-electron chi connectivity index (χ4n) is 3.73. The molecule has 4 rings (SSSR count). The van der Waals surface area contributed by atoms with Crippen molar-refractivity contribution in [1.29, 1.82) is 0 Å². The molecule has 0 unspecified atom stereocenters. The minimum Gasteiger partial charge on any atom is -0.497 e. The lowest BCUT2D eigenvalue weighted by atomic mass is 9.97. The molecule has 1 aliphatic rings. The van der Waals surface area contributed by atoms with Crippen LogP contribution in [0.2, 0.25) is 0 Å². The van der Waals surface area contributed by atoms with Gasteiger partial charge in [0.15, 0.2) is 0 Å². The summed E-state index contributed by atoms with van der Waals surface area (Å²) in [7, 11) is 3.16. The van der Waals surface area contributed by atoms with Gasteiger partial charge >= 0.3 is 0 Å². The number of methoxy groups -OCH3 is 2. The Labute approximate surface area is 179 Å². The van der Waals surface area contributed by atoms with E-state index in [9.17, 15) is 4.79 Å². The highest BCUT2D eigenvalue weighted by Crippen LogP contribution is 2.37. The lowest BCUT2D eigenvalue weighted by Crippen LogP contribution is -2.38. The fraction of sp³-hybridized carbons (Fsp3) is 0.364. The third-order valence-corrected chi connectivity index (χ3v) is 6.74. The zero-order chi connectivity index (χ0) is 21.1. The SMILES string of the molecule is COc1ccc(C(=O)N2CCC(c3nc(C)c(-c4ccncn4)s3)CC2)c(OC)c1. The van der Waals surface area contributed by atoms with E-state index in [0.717, 1.165) is 34.1 Å². The number of nitrogens with zero attached hydrogens (tertiary/aromatic N) is 4. The van der Waals surface area contributed by atoms with E-state index >= 15 is 0 Å². The van der Waals surface area contributed by atoms with Gasteiger partial charge in [0.1, 0.15) is 17.8 Å². The van der Waals surface area contributed by atoms with E-state index in [1.807, 2.05) is 17.9 Å². The molecule has 3 aromatic rings. The van der Waals surface area contributed by atoms with Crippen molar-refractivity contribution in [3.05, 3.63) is 53.1 Å². The average Bonchev–Trinajstić information content (AvgIpc) is 3.20. The molecule has 8 heteroatoms. The summed E-state index contributed by atoms with van der Waals surface area (Å²) in [5.74, 6) is 1.54. The number of amides is 1. The normalized spacial score (nSPS) is 14.6. The van der Waals surface area contributed by atoms with Gasteiger partial charge in [-0.1, -0.05) is 0 Å². The van der Waals surface area contributed by atoms with E-state index in [0.29, 0.717) is 36.1 Å². The topological polar surface area (TPSA) is 77.4 Å². The molecule has 0 atom stereocenters. The summed E-state index contributed by atoms with van der Waals surface area (Å²) >= 11 is 1.70. The monoisotopic (exact) mass is 424 g/mol. The number of rotatable bonds is 5. The molecular formula is C22H24N4O3S. The maximum atomic E-state index is 13.0. The minimum atomic E-state index is -0.00931. The summed E-state index contributed by atoms with van der Waals surface area (Å²) in [5, 5.41) is 1.12. The smallest absolute Gasteiger partial charge is 0.257 e. The number of piperidine rings is 1. The lowest BCUT2D eigenvalue weighted by Gasteiger charge is -2.31. The number of benzene rings is 1. The van der Waals surface area contributed by atoms with Crippen molar-refractivity contribution in [2.24, 2.45) is 0 Å². The molecular weight excluding hydrogens is 400 g/mol. The van der Waals surface area contributed by atoms with Gasteiger partial charge in [0.2, 0.25) is 0 Å². The van der Waals surface area contributed by atoms with Crippen LogP contribution in [0.5, 0.6) is 11.5 Å². The summed E-state index contributed by atoms with van der Waals surface area (Å²) in [6.07, 6.45) is 5.09. The van der Waals surface area contributed by atoms with Crippen molar-refractivity contribution in [2.75, 3.05) is 27.3 Å². The van der Waals surface area contributed by atoms with E-state index in [4.69, 9.17) is 14.5 Å². The number of hydrogen-bond donors (Lipinski definition) is 0. The molecule has 1 fully saturated rings. The lowest BCUT2D eigenvalue weighted by molar-refractivity contribution is 0.0709. The first-order valence-electron chi connectivity index (χ1n) is 9.85. The van der Waals surface area contributed by atoms with E-state index in [2.05, 4.69) is 9.97 Å². The Morgan fingerprint density at radius 1 is 1.17 bits per heavy atom. The van der Waals surface area contributed by atoms with Crippen molar-refractivity contribution in [3.63, 3.8) is 0 Å². The Hall–Kier alpha value is -3.00. The summed E-state index contributed by atoms with van der Waals surface area (Å²) in [6.45, 7) is 3.41. The molecule has 30 heavy (non-hydrogen) atoms. The number of carbonyl (C=O) groups is 1. The minimum absolute atomic E-state index is 0.00931. The summed E-state index contributed by atoms with van der Waals surface area (Å²) < 4.78 is 10.6.